The van der Waals surface area contributed by atoms with Crippen molar-refractivity contribution in [2.24, 2.45) is 78.3 Å². The number of allylic oxidation sites excluding steroid dienone is 3. The molecule has 4 saturated carbocycles. The lowest BCUT2D eigenvalue weighted by Crippen LogP contribution is -2.65. The first-order chi connectivity index (χ1) is 22.6. The van der Waals surface area contributed by atoms with E-state index in [0.717, 1.165) is 57.1 Å². The molecular formula is C42H56N4O2. The highest BCUT2D eigenvalue weighted by atomic mass is 16.4. The van der Waals surface area contributed by atoms with E-state index in [1.807, 2.05) is 0 Å². The summed E-state index contributed by atoms with van der Waals surface area (Å²) in [6.07, 6.45) is 12.6. The van der Waals surface area contributed by atoms with E-state index >= 15 is 0 Å². The second kappa shape index (κ2) is 11.1. The molecule has 0 aliphatic heterocycles. The summed E-state index contributed by atoms with van der Waals surface area (Å²) in [6.45, 7) is 17.1. The predicted molar refractivity (Wildman–Crippen MR) is 197 cm³/mol. The van der Waals surface area contributed by atoms with Crippen LogP contribution in [0, 0.1) is 56.7 Å². The molecule has 5 aliphatic carbocycles. The predicted octanol–water partition coefficient (Wildman–Crippen LogP) is 9.20. The summed E-state index contributed by atoms with van der Waals surface area (Å²) < 4.78 is 0. The zero-order chi connectivity index (χ0) is 34.4. The molecule has 0 heterocycles. The zero-order valence-electron chi connectivity index (χ0n) is 30.1. The summed E-state index contributed by atoms with van der Waals surface area (Å²) in [5.74, 6) is 1.27. The summed E-state index contributed by atoms with van der Waals surface area (Å²) in [5, 5.41) is 22.3. The van der Waals surface area contributed by atoms with Gasteiger partial charge in [-0.2, -0.15) is 5.10 Å². The molecule has 5 N–H and O–H groups in total. The SMILES string of the molecule is C[C@H]1[C@H](C)CC[C@]2(C(=O)O)CC[C@]3(C)C(=CC[C@@H]4[C@@]5(C)CC(=C\c6cccc7ccccc67)/C(=N\N=C(N)N)C(C)(C)[C@@H]5CC[C@]43C)[C@H]12. The minimum Gasteiger partial charge on any atom is -0.481 e. The van der Waals surface area contributed by atoms with Gasteiger partial charge in [0.2, 0.25) is 5.96 Å². The average molecular weight is 649 g/mol. The van der Waals surface area contributed by atoms with Crippen molar-refractivity contribution in [2.75, 3.05) is 0 Å². The minimum absolute atomic E-state index is 0.00174. The zero-order valence-corrected chi connectivity index (χ0v) is 30.1. The molecule has 0 aromatic heterocycles. The highest BCUT2D eigenvalue weighted by Crippen LogP contribution is 2.76. The van der Waals surface area contributed by atoms with E-state index in [2.05, 4.69) is 108 Å². The second-order valence-corrected chi connectivity index (χ2v) is 17.7. The largest absolute Gasteiger partial charge is 0.481 e. The van der Waals surface area contributed by atoms with Crippen LogP contribution < -0.4 is 11.5 Å². The number of carboxylic acids is 1. The van der Waals surface area contributed by atoms with E-state index < -0.39 is 11.4 Å². The fourth-order valence-electron chi connectivity index (χ4n) is 12.7. The fraction of sp³-hybridized carbons (Fsp3) is 0.595. The molecule has 6 nitrogen and oxygen atoms in total. The molecule has 0 spiro atoms. The van der Waals surface area contributed by atoms with Gasteiger partial charge in [0.05, 0.1) is 11.1 Å². The lowest BCUT2D eigenvalue weighted by atomic mass is 9.33. The maximum Gasteiger partial charge on any atom is 0.310 e. The van der Waals surface area contributed by atoms with Gasteiger partial charge < -0.3 is 16.6 Å². The lowest BCUT2D eigenvalue weighted by Gasteiger charge is -2.71. The molecule has 0 amide bonds. The van der Waals surface area contributed by atoms with Crippen LogP contribution >= 0.6 is 0 Å². The second-order valence-electron chi connectivity index (χ2n) is 17.7. The van der Waals surface area contributed by atoms with E-state index in [-0.39, 0.29) is 33.5 Å². The molecule has 0 saturated heterocycles. The number of guanidine groups is 1. The molecule has 0 unspecified atom stereocenters. The smallest absolute Gasteiger partial charge is 0.310 e. The van der Waals surface area contributed by atoms with Crippen molar-refractivity contribution in [2.45, 2.75) is 99.8 Å². The number of nitrogens with zero attached hydrogens (tertiary/aromatic N) is 2. The van der Waals surface area contributed by atoms with Crippen molar-refractivity contribution >= 4 is 34.5 Å². The highest BCUT2D eigenvalue weighted by Gasteiger charge is 2.69. The number of aliphatic carboxylic acids is 1. The Labute approximate surface area is 287 Å². The summed E-state index contributed by atoms with van der Waals surface area (Å²) in [4.78, 5) is 13.1. The van der Waals surface area contributed by atoms with E-state index in [9.17, 15) is 9.90 Å². The molecule has 256 valence electrons. The minimum atomic E-state index is -0.626. The molecular weight excluding hydrogens is 592 g/mol. The third-order valence-corrected chi connectivity index (χ3v) is 15.5. The van der Waals surface area contributed by atoms with Crippen LogP contribution in [-0.4, -0.2) is 22.7 Å². The Balaban J connectivity index is 1.37. The summed E-state index contributed by atoms with van der Waals surface area (Å²) in [5.41, 5.74) is 15.7. The van der Waals surface area contributed by atoms with E-state index in [4.69, 9.17) is 16.6 Å². The number of benzene rings is 2. The lowest BCUT2D eigenvalue weighted by molar-refractivity contribution is -0.179. The van der Waals surface area contributed by atoms with Crippen LogP contribution in [0.1, 0.15) is 105 Å². The summed E-state index contributed by atoms with van der Waals surface area (Å²) >= 11 is 0. The third kappa shape index (κ3) is 4.46. The quantitative estimate of drug-likeness (QED) is 0.133. The van der Waals surface area contributed by atoms with Crippen molar-refractivity contribution in [1.82, 2.24) is 0 Å². The van der Waals surface area contributed by atoms with Crippen LogP contribution in [0.4, 0.5) is 0 Å². The van der Waals surface area contributed by atoms with Gasteiger partial charge in [-0.25, -0.2) is 0 Å². The van der Waals surface area contributed by atoms with Crippen LogP contribution in [0.25, 0.3) is 16.8 Å². The molecule has 48 heavy (non-hydrogen) atoms. The number of nitrogens with two attached hydrogens (primary N) is 2. The molecule has 0 bridgehead atoms. The number of carboxylic acid groups (broad SMARTS) is 1. The van der Waals surface area contributed by atoms with Crippen LogP contribution in [0.2, 0.25) is 0 Å². The van der Waals surface area contributed by atoms with Crippen LogP contribution in [0.5, 0.6) is 0 Å². The summed E-state index contributed by atoms with van der Waals surface area (Å²) in [6, 6.07) is 15.1. The Bertz CT molecular complexity index is 1780. The Morgan fingerprint density at radius 1 is 0.917 bits per heavy atom. The Morgan fingerprint density at radius 2 is 1.65 bits per heavy atom. The summed E-state index contributed by atoms with van der Waals surface area (Å²) in [7, 11) is 0. The first-order valence-electron chi connectivity index (χ1n) is 18.4. The van der Waals surface area contributed by atoms with Crippen LogP contribution in [0.15, 0.2) is 69.9 Å². The number of hydrogen-bond acceptors (Lipinski definition) is 3. The Hall–Kier alpha value is -3.41. The number of carbonyl (C=O) groups is 1. The Morgan fingerprint density at radius 3 is 2.38 bits per heavy atom. The van der Waals surface area contributed by atoms with Gasteiger partial charge >= 0.3 is 5.97 Å². The monoisotopic (exact) mass is 648 g/mol. The topological polar surface area (TPSA) is 114 Å². The van der Waals surface area contributed by atoms with Crippen LogP contribution in [-0.2, 0) is 4.79 Å². The number of hydrogen-bond donors (Lipinski definition) is 3. The van der Waals surface area contributed by atoms with Crippen molar-refractivity contribution in [3.05, 3.63) is 65.3 Å². The van der Waals surface area contributed by atoms with E-state index in [1.54, 1.807) is 0 Å². The van der Waals surface area contributed by atoms with E-state index in [0.29, 0.717) is 23.7 Å². The van der Waals surface area contributed by atoms with Crippen molar-refractivity contribution in [1.29, 1.82) is 0 Å². The molecule has 2 aromatic carbocycles. The first-order valence-corrected chi connectivity index (χ1v) is 18.4. The highest BCUT2D eigenvalue weighted by molar-refractivity contribution is 6.09. The molecule has 0 radical (unpaired) electrons. The van der Waals surface area contributed by atoms with Crippen molar-refractivity contribution in [3.63, 3.8) is 0 Å². The maximum atomic E-state index is 13.1. The average Bonchev–Trinajstić information content (AvgIpc) is 3.02. The number of rotatable bonds is 3. The maximum absolute atomic E-state index is 13.1. The first kappa shape index (κ1) is 33.1. The fourth-order valence-corrected chi connectivity index (χ4v) is 12.7. The molecule has 9 atom stereocenters. The normalized spacial score (nSPS) is 41.8. The van der Waals surface area contributed by atoms with Gasteiger partial charge in [0.25, 0.3) is 0 Å². The van der Waals surface area contributed by atoms with Gasteiger partial charge in [0.15, 0.2) is 0 Å². The Kier molecular flexibility index (Phi) is 7.62. The van der Waals surface area contributed by atoms with Gasteiger partial charge in [0, 0.05) is 5.41 Å². The third-order valence-electron chi connectivity index (χ3n) is 15.5. The standard InChI is InChI=1S/C42H56N4O2/c1-25-17-20-42(36(47)48)22-21-40(6)31(34(42)26(25)2)15-16-33-39(5)24-29(23-28-13-10-12-27-11-8-9-14-30(27)28)35(45-46-37(43)44)38(3,4)32(39)18-19-41(33,40)7/h8-15,23,25-26,32-34H,16-22,24H2,1-7H3,(H,47,48)(H4,43,44,46)/b29-23+,45-35+/t25-,26+,32+,33-,34+,39+,40-,41-,42+/m1/s1. The molecule has 2 aromatic rings. The van der Waals surface area contributed by atoms with Crippen LogP contribution in [0.3, 0.4) is 0 Å². The van der Waals surface area contributed by atoms with Crippen molar-refractivity contribution in [3.8, 4) is 0 Å². The van der Waals surface area contributed by atoms with Crippen molar-refractivity contribution < 1.29 is 9.90 Å². The van der Waals surface area contributed by atoms with Gasteiger partial charge in [-0.1, -0.05) is 103 Å². The van der Waals surface area contributed by atoms with Gasteiger partial charge in [-0.3, -0.25) is 4.79 Å². The molecule has 5 aliphatic rings. The van der Waals surface area contributed by atoms with Gasteiger partial charge in [-0.15, -0.1) is 5.10 Å². The molecule has 6 heteroatoms. The molecule has 4 fully saturated rings. The molecule has 7 rings (SSSR count). The van der Waals surface area contributed by atoms with E-state index in [1.165, 1.54) is 27.5 Å². The van der Waals surface area contributed by atoms with Gasteiger partial charge in [-0.05, 0) is 125 Å². The number of fused-ring (bicyclic) bond motifs is 8. The van der Waals surface area contributed by atoms with Gasteiger partial charge in [0.1, 0.15) is 0 Å².